The standard InChI is InChI=1S/C11H14F3N3O/c12-11(13,14)6-3-8(15)10(9(16)4-6)18-7-1-2-17-5-7/h3-4,7,17H,1-2,5,15-16H2. The van der Waals surface area contributed by atoms with Crippen LogP contribution in [0.3, 0.4) is 0 Å². The van der Waals surface area contributed by atoms with Gasteiger partial charge in [-0.15, -0.1) is 0 Å². The monoisotopic (exact) mass is 261 g/mol. The molecular formula is C11H14F3N3O. The molecule has 7 heteroatoms. The Morgan fingerprint density at radius 3 is 2.28 bits per heavy atom. The van der Waals surface area contributed by atoms with Crippen molar-refractivity contribution in [2.45, 2.75) is 18.7 Å². The van der Waals surface area contributed by atoms with Crippen molar-refractivity contribution in [3.8, 4) is 5.75 Å². The Labute approximate surface area is 102 Å². The average molecular weight is 261 g/mol. The van der Waals surface area contributed by atoms with Crippen LogP contribution in [0.15, 0.2) is 12.1 Å². The van der Waals surface area contributed by atoms with Crippen LogP contribution in [0.2, 0.25) is 0 Å². The number of hydrogen-bond donors (Lipinski definition) is 3. The molecule has 0 bridgehead atoms. The molecular weight excluding hydrogens is 247 g/mol. The maximum atomic E-state index is 12.5. The van der Waals surface area contributed by atoms with E-state index >= 15 is 0 Å². The normalized spacial score (nSPS) is 20.1. The van der Waals surface area contributed by atoms with E-state index < -0.39 is 11.7 Å². The second-order valence-corrected chi connectivity index (χ2v) is 4.21. The third-order valence-electron chi connectivity index (χ3n) is 2.77. The summed E-state index contributed by atoms with van der Waals surface area (Å²) >= 11 is 0. The Morgan fingerprint density at radius 2 is 1.83 bits per heavy atom. The summed E-state index contributed by atoms with van der Waals surface area (Å²) in [5.41, 5.74) is 10.1. The molecule has 0 radical (unpaired) electrons. The first kappa shape index (κ1) is 12.8. The van der Waals surface area contributed by atoms with Gasteiger partial charge in [-0.3, -0.25) is 0 Å². The van der Waals surface area contributed by atoms with E-state index in [1.807, 2.05) is 0 Å². The van der Waals surface area contributed by atoms with Crippen molar-refractivity contribution in [1.82, 2.24) is 5.32 Å². The lowest BCUT2D eigenvalue weighted by Crippen LogP contribution is -2.21. The second kappa shape index (κ2) is 4.56. The van der Waals surface area contributed by atoms with Crippen molar-refractivity contribution in [3.63, 3.8) is 0 Å². The summed E-state index contributed by atoms with van der Waals surface area (Å²) < 4.78 is 43.1. The summed E-state index contributed by atoms with van der Waals surface area (Å²) in [6.07, 6.45) is -3.79. The van der Waals surface area contributed by atoms with Crippen LogP contribution in [0.1, 0.15) is 12.0 Å². The first-order valence-corrected chi connectivity index (χ1v) is 5.51. The molecule has 18 heavy (non-hydrogen) atoms. The van der Waals surface area contributed by atoms with Crippen LogP contribution >= 0.6 is 0 Å². The molecule has 1 unspecified atom stereocenters. The van der Waals surface area contributed by atoms with Crippen molar-refractivity contribution in [2.24, 2.45) is 0 Å². The number of ether oxygens (including phenoxy) is 1. The topological polar surface area (TPSA) is 73.3 Å². The molecule has 1 atom stereocenters. The number of nitrogens with two attached hydrogens (primary N) is 2. The zero-order chi connectivity index (χ0) is 13.3. The molecule has 0 spiro atoms. The van der Waals surface area contributed by atoms with Gasteiger partial charge in [0.05, 0.1) is 16.9 Å². The lowest BCUT2D eigenvalue weighted by atomic mass is 10.1. The highest BCUT2D eigenvalue weighted by Crippen LogP contribution is 2.38. The number of rotatable bonds is 2. The SMILES string of the molecule is Nc1cc(C(F)(F)F)cc(N)c1OC1CCNC1. The maximum Gasteiger partial charge on any atom is 0.416 e. The predicted octanol–water partition coefficient (Wildman–Crippen LogP) is 1.61. The summed E-state index contributed by atoms with van der Waals surface area (Å²) in [5, 5.41) is 3.08. The minimum Gasteiger partial charge on any atom is -0.485 e. The Bertz CT molecular complexity index is 419. The van der Waals surface area contributed by atoms with Crippen LogP contribution in [0.25, 0.3) is 0 Å². The molecule has 1 aromatic rings. The van der Waals surface area contributed by atoms with E-state index in [0.29, 0.717) is 6.54 Å². The van der Waals surface area contributed by atoms with Gasteiger partial charge in [0, 0.05) is 6.54 Å². The van der Waals surface area contributed by atoms with Gasteiger partial charge in [0.25, 0.3) is 0 Å². The lowest BCUT2D eigenvalue weighted by Gasteiger charge is -2.18. The Morgan fingerprint density at radius 1 is 1.22 bits per heavy atom. The van der Waals surface area contributed by atoms with E-state index in [-0.39, 0.29) is 23.2 Å². The molecule has 0 amide bonds. The molecule has 0 aromatic heterocycles. The van der Waals surface area contributed by atoms with Crippen LogP contribution < -0.4 is 21.5 Å². The largest absolute Gasteiger partial charge is 0.485 e. The molecule has 0 aliphatic carbocycles. The molecule has 1 aliphatic rings. The van der Waals surface area contributed by atoms with Crippen molar-refractivity contribution in [3.05, 3.63) is 17.7 Å². The minimum atomic E-state index is -4.46. The maximum absolute atomic E-state index is 12.5. The number of benzene rings is 1. The van der Waals surface area contributed by atoms with Gasteiger partial charge in [0.2, 0.25) is 0 Å². The first-order chi connectivity index (χ1) is 8.38. The van der Waals surface area contributed by atoms with Gasteiger partial charge in [-0.2, -0.15) is 13.2 Å². The van der Waals surface area contributed by atoms with Crippen LogP contribution in [-0.4, -0.2) is 19.2 Å². The Kier molecular flexibility index (Phi) is 3.25. The van der Waals surface area contributed by atoms with Crippen LogP contribution in [0.4, 0.5) is 24.5 Å². The number of nitrogen functional groups attached to an aromatic ring is 2. The number of nitrogens with one attached hydrogen (secondary N) is 1. The number of hydrogen-bond acceptors (Lipinski definition) is 4. The van der Waals surface area contributed by atoms with E-state index in [0.717, 1.165) is 25.1 Å². The van der Waals surface area contributed by atoms with Gasteiger partial charge in [-0.05, 0) is 25.1 Å². The van der Waals surface area contributed by atoms with E-state index in [2.05, 4.69) is 5.32 Å². The Balaban J connectivity index is 2.26. The molecule has 0 saturated carbocycles. The van der Waals surface area contributed by atoms with E-state index in [1.54, 1.807) is 0 Å². The van der Waals surface area contributed by atoms with Gasteiger partial charge >= 0.3 is 6.18 Å². The lowest BCUT2D eigenvalue weighted by molar-refractivity contribution is -0.137. The van der Waals surface area contributed by atoms with Crippen molar-refractivity contribution >= 4 is 11.4 Å². The number of alkyl halides is 3. The molecule has 1 aromatic carbocycles. The van der Waals surface area contributed by atoms with Gasteiger partial charge in [0.15, 0.2) is 5.75 Å². The highest BCUT2D eigenvalue weighted by molar-refractivity contribution is 5.69. The molecule has 4 nitrogen and oxygen atoms in total. The highest BCUT2D eigenvalue weighted by Gasteiger charge is 2.32. The molecule has 1 aliphatic heterocycles. The van der Waals surface area contributed by atoms with Gasteiger partial charge < -0.3 is 21.5 Å². The molecule has 2 rings (SSSR count). The second-order valence-electron chi connectivity index (χ2n) is 4.21. The summed E-state index contributed by atoms with van der Waals surface area (Å²) in [7, 11) is 0. The molecule has 1 fully saturated rings. The van der Waals surface area contributed by atoms with Crippen molar-refractivity contribution in [2.75, 3.05) is 24.6 Å². The summed E-state index contributed by atoms with van der Waals surface area (Å²) in [6.45, 7) is 1.45. The molecule has 100 valence electrons. The minimum absolute atomic E-state index is 0.0887. The quantitative estimate of drug-likeness (QED) is 0.707. The fraction of sp³-hybridized carbons (Fsp3) is 0.455. The van der Waals surface area contributed by atoms with Gasteiger partial charge in [-0.25, -0.2) is 0 Å². The van der Waals surface area contributed by atoms with Crippen LogP contribution in [-0.2, 0) is 6.18 Å². The van der Waals surface area contributed by atoms with Crippen LogP contribution in [0, 0.1) is 0 Å². The smallest absolute Gasteiger partial charge is 0.416 e. The molecule has 1 saturated heterocycles. The Hall–Kier alpha value is -1.63. The zero-order valence-corrected chi connectivity index (χ0v) is 9.55. The average Bonchev–Trinajstić information content (AvgIpc) is 2.74. The van der Waals surface area contributed by atoms with Crippen LogP contribution in [0.5, 0.6) is 5.75 Å². The van der Waals surface area contributed by atoms with Gasteiger partial charge in [0.1, 0.15) is 6.10 Å². The number of anilines is 2. The molecule has 1 heterocycles. The van der Waals surface area contributed by atoms with E-state index in [4.69, 9.17) is 16.2 Å². The first-order valence-electron chi connectivity index (χ1n) is 5.51. The summed E-state index contributed by atoms with van der Waals surface area (Å²) in [4.78, 5) is 0. The summed E-state index contributed by atoms with van der Waals surface area (Å²) in [5.74, 6) is 0.136. The van der Waals surface area contributed by atoms with Gasteiger partial charge in [-0.1, -0.05) is 0 Å². The predicted molar refractivity (Wildman–Crippen MR) is 62.2 cm³/mol. The highest BCUT2D eigenvalue weighted by atomic mass is 19.4. The fourth-order valence-corrected chi connectivity index (χ4v) is 1.87. The third-order valence-corrected chi connectivity index (χ3v) is 2.77. The third kappa shape index (κ3) is 2.61. The van der Waals surface area contributed by atoms with E-state index in [9.17, 15) is 13.2 Å². The van der Waals surface area contributed by atoms with Crippen molar-refractivity contribution in [1.29, 1.82) is 0 Å². The summed E-state index contributed by atoms with van der Waals surface area (Å²) in [6, 6.07) is 1.68. The van der Waals surface area contributed by atoms with E-state index in [1.165, 1.54) is 0 Å². The van der Waals surface area contributed by atoms with Crippen molar-refractivity contribution < 1.29 is 17.9 Å². The fourth-order valence-electron chi connectivity index (χ4n) is 1.87. The zero-order valence-electron chi connectivity index (χ0n) is 9.55. The molecule has 5 N–H and O–H groups in total. The number of halogens is 3.